The molecule has 3 rings (SSSR count). The van der Waals surface area contributed by atoms with Crippen molar-refractivity contribution in [2.24, 2.45) is 0 Å². The van der Waals surface area contributed by atoms with Crippen LogP contribution in [0.5, 0.6) is 5.75 Å². The summed E-state index contributed by atoms with van der Waals surface area (Å²) in [6, 6.07) is -0.177. The third-order valence-corrected chi connectivity index (χ3v) is 5.99. The van der Waals surface area contributed by atoms with Crippen LogP contribution >= 0.6 is 0 Å². The lowest BCUT2D eigenvalue weighted by Gasteiger charge is -2.26. The van der Waals surface area contributed by atoms with E-state index in [0.717, 1.165) is 64.2 Å². The van der Waals surface area contributed by atoms with Crippen molar-refractivity contribution in [2.45, 2.75) is 76.3 Å². The van der Waals surface area contributed by atoms with E-state index in [1.807, 2.05) is 0 Å². The highest BCUT2D eigenvalue weighted by atomic mass is 16.4. The van der Waals surface area contributed by atoms with E-state index in [2.05, 4.69) is 10.6 Å². The van der Waals surface area contributed by atoms with Gasteiger partial charge in [0.2, 0.25) is 0 Å². The van der Waals surface area contributed by atoms with Crippen LogP contribution in [0.1, 0.15) is 91.0 Å². The number of aromatic hydroxyl groups is 1. The molecule has 0 saturated heterocycles. The van der Waals surface area contributed by atoms with Gasteiger partial charge < -0.3 is 25.4 Å². The third-order valence-electron chi connectivity index (χ3n) is 5.99. The maximum Gasteiger partial charge on any atom is 0.322 e. The first-order chi connectivity index (χ1) is 14.4. The SMILES string of the molecule is O=C(O)CNC(=O)c1c(O)c(C(=O)NC2CCCCC2)cn(C2CCCCC2)c1=O. The topological polar surface area (TPSA) is 138 Å². The summed E-state index contributed by atoms with van der Waals surface area (Å²) in [6.07, 6.45) is 10.6. The fourth-order valence-electron chi connectivity index (χ4n) is 4.38. The molecule has 9 heteroatoms. The predicted octanol–water partition coefficient (Wildman–Crippen LogP) is 1.94. The summed E-state index contributed by atoms with van der Waals surface area (Å²) in [5, 5.41) is 24.5. The van der Waals surface area contributed by atoms with Crippen LogP contribution in [0.3, 0.4) is 0 Å². The van der Waals surface area contributed by atoms with Crippen LogP contribution in [0.15, 0.2) is 11.0 Å². The molecule has 30 heavy (non-hydrogen) atoms. The van der Waals surface area contributed by atoms with Crippen LogP contribution < -0.4 is 16.2 Å². The Morgan fingerprint density at radius 2 is 1.57 bits per heavy atom. The van der Waals surface area contributed by atoms with Crippen LogP contribution in [0, 0.1) is 0 Å². The number of carboxylic acid groups (broad SMARTS) is 1. The van der Waals surface area contributed by atoms with Crippen LogP contribution in [-0.2, 0) is 4.79 Å². The molecular formula is C21H29N3O6. The Hall–Kier alpha value is -2.84. The highest BCUT2D eigenvalue weighted by Crippen LogP contribution is 2.29. The van der Waals surface area contributed by atoms with Gasteiger partial charge >= 0.3 is 5.97 Å². The molecule has 0 radical (unpaired) electrons. The molecule has 164 valence electrons. The van der Waals surface area contributed by atoms with E-state index in [4.69, 9.17) is 5.11 Å². The molecule has 0 bridgehead atoms. The zero-order chi connectivity index (χ0) is 21.7. The number of carboxylic acids is 1. The van der Waals surface area contributed by atoms with Gasteiger partial charge in [0.05, 0.1) is 5.56 Å². The first-order valence-corrected chi connectivity index (χ1v) is 10.7. The number of amides is 2. The molecule has 2 fully saturated rings. The van der Waals surface area contributed by atoms with E-state index >= 15 is 0 Å². The fraction of sp³-hybridized carbons (Fsp3) is 0.619. The van der Waals surface area contributed by atoms with Crippen molar-refractivity contribution >= 4 is 17.8 Å². The predicted molar refractivity (Wildman–Crippen MR) is 109 cm³/mol. The number of aliphatic carboxylic acids is 1. The first-order valence-electron chi connectivity index (χ1n) is 10.7. The van der Waals surface area contributed by atoms with Crippen molar-refractivity contribution < 1.29 is 24.6 Å². The van der Waals surface area contributed by atoms with Crippen LogP contribution in [0.2, 0.25) is 0 Å². The maximum atomic E-state index is 13.0. The molecule has 1 aromatic heterocycles. The van der Waals surface area contributed by atoms with Gasteiger partial charge in [0.15, 0.2) is 0 Å². The summed E-state index contributed by atoms with van der Waals surface area (Å²) >= 11 is 0. The van der Waals surface area contributed by atoms with Crippen molar-refractivity contribution in [3.8, 4) is 5.75 Å². The third kappa shape index (κ3) is 5.01. The quantitative estimate of drug-likeness (QED) is 0.556. The smallest absolute Gasteiger partial charge is 0.322 e. The van der Waals surface area contributed by atoms with Gasteiger partial charge in [-0.25, -0.2) is 0 Å². The number of carbonyl (C=O) groups is 3. The van der Waals surface area contributed by atoms with Crippen molar-refractivity contribution in [2.75, 3.05) is 6.54 Å². The minimum atomic E-state index is -1.28. The number of rotatable bonds is 6. The van der Waals surface area contributed by atoms with Crippen molar-refractivity contribution in [3.63, 3.8) is 0 Å². The van der Waals surface area contributed by atoms with Gasteiger partial charge in [-0.05, 0) is 25.7 Å². The molecule has 9 nitrogen and oxygen atoms in total. The second-order valence-corrected chi connectivity index (χ2v) is 8.16. The Labute approximate surface area is 174 Å². The molecular weight excluding hydrogens is 390 g/mol. The van der Waals surface area contributed by atoms with E-state index in [9.17, 15) is 24.3 Å². The number of nitrogens with zero attached hydrogens (tertiary/aromatic N) is 1. The second-order valence-electron chi connectivity index (χ2n) is 8.16. The van der Waals surface area contributed by atoms with Crippen molar-refractivity contribution in [1.82, 2.24) is 15.2 Å². The average Bonchev–Trinajstić information content (AvgIpc) is 2.73. The van der Waals surface area contributed by atoms with Crippen LogP contribution in [0.4, 0.5) is 0 Å². The number of aromatic nitrogens is 1. The largest absolute Gasteiger partial charge is 0.506 e. The number of pyridine rings is 1. The molecule has 2 amide bonds. The minimum Gasteiger partial charge on any atom is -0.506 e. The van der Waals surface area contributed by atoms with Gasteiger partial charge in [0, 0.05) is 18.3 Å². The molecule has 2 aliphatic carbocycles. The Bertz CT molecular complexity index is 866. The van der Waals surface area contributed by atoms with E-state index in [-0.39, 0.29) is 17.6 Å². The van der Waals surface area contributed by atoms with E-state index < -0.39 is 41.2 Å². The summed E-state index contributed by atoms with van der Waals surface area (Å²) < 4.78 is 1.37. The molecule has 2 aliphatic rings. The molecule has 0 unspecified atom stereocenters. The molecule has 0 aliphatic heterocycles. The lowest BCUT2D eigenvalue weighted by molar-refractivity contribution is -0.135. The van der Waals surface area contributed by atoms with E-state index in [1.165, 1.54) is 10.8 Å². The van der Waals surface area contributed by atoms with Crippen molar-refractivity contribution in [1.29, 1.82) is 0 Å². The molecule has 2 saturated carbocycles. The molecule has 1 heterocycles. The number of nitrogens with one attached hydrogen (secondary N) is 2. The number of carbonyl (C=O) groups excluding carboxylic acids is 2. The highest BCUT2D eigenvalue weighted by molar-refractivity contribution is 6.04. The lowest BCUT2D eigenvalue weighted by Crippen LogP contribution is -2.40. The Morgan fingerprint density at radius 3 is 2.17 bits per heavy atom. The van der Waals surface area contributed by atoms with E-state index in [1.54, 1.807) is 0 Å². The fourth-order valence-corrected chi connectivity index (χ4v) is 4.38. The van der Waals surface area contributed by atoms with Gasteiger partial charge in [-0.1, -0.05) is 38.5 Å². The standard InChI is InChI=1S/C21H29N3O6/c25-16(26)11-22-20(29)17-18(27)15(19(28)23-13-7-3-1-4-8-13)12-24(21(17)30)14-9-5-2-6-10-14/h12-14,27H,1-11H2,(H,22,29)(H,23,28)(H,25,26). The van der Waals surface area contributed by atoms with E-state index in [0.29, 0.717) is 0 Å². The Morgan fingerprint density at radius 1 is 0.967 bits per heavy atom. The average molecular weight is 419 g/mol. The zero-order valence-electron chi connectivity index (χ0n) is 17.0. The summed E-state index contributed by atoms with van der Waals surface area (Å²) in [5.41, 5.74) is -1.43. The summed E-state index contributed by atoms with van der Waals surface area (Å²) in [7, 11) is 0. The Kier molecular flexibility index (Phi) is 7.12. The molecule has 4 N–H and O–H groups in total. The van der Waals surface area contributed by atoms with Gasteiger partial charge in [-0.3, -0.25) is 19.2 Å². The molecule has 0 aromatic carbocycles. The maximum absolute atomic E-state index is 13.0. The molecule has 1 aromatic rings. The summed E-state index contributed by atoms with van der Waals surface area (Å²) in [6.45, 7) is -0.695. The van der Waals surface area contributed by atoms with Gasteiger partial charge in [-0.2, -0.15) is 0 Å². The first kappa shape index (κ1) is 21.9. The normalized spacial score (nSPS) is 18.0. The molecule has 0 spiro atoms. The van der Waals surface area contributed by atoms with Crippen LogP contribution in [-0.4, -0.2) is 45.2 Å². The van der Waals surface area contributed by atoms with Crippen molar-refractivity contribution in [3.05, 3.63) is 27.7 Å². The number of hydrogen-bond acceptors (Lipinski definition) is 5. The highest BCUT2D eigenvalue weighted by Gasteiger charge is 2.29. The monoisotopic (exact) mass is 419 g/mol. The Balaban J connectivity index is 1.98. The second kappa shape index (κ2) is 9.77. The lowest BCUT2D eigenvalue weighted by atomic mass is 9.94. The molecule has 0 atom stereocenters. The summed E-state index contributed by atoms with van der Waals surface area (Å²) in [4.78, 5) is 49.2. The van der Waals surface area contributed by atoms with Gasteiger partial charge in [0.25, 0.3) is 17.4 Å². The zero-order valence-corrected chi connectivity index (χ0v) is 17.0. The minimum absolute atomic E-state index is 0.00926. The summed E-state index contributed by atoms with van der Waals surface area (Å²) in [5.74, 6) is -3.52. The van der Waals surface area contributed by atoms with Gasteiger partial charge in [-0.15, -0.1) is 0 Å². The van der Waals surface area contributed by atoms with Crippen LogP contribution in [0.25, 0.3) is 0 Å². The van der Waals surface area contributed by atoms with Gasteiger partial charge in [0.1, 0.15) is 17.9 Å². The number of hydrogen-bond donors (Lipinski definition) is 4.